The zero-order valence-corrected chi connectivity index (χ0v) is 8.29. The van der Waals surface area contributed by atoms with E-state index in [1.807, 2.05) is 26.0 Å². The zero-order valence-electron chi connectivity index (χ0n) is 8.29. The van der Waals surface area contributed by atoms with Gasteiger partial charge >= 0.3 is 0 Å². The van der Waals surface area contributed by atoms with E-state index >= 15 is 0 Å². The fourth-order valence-corrected chi connectivity index (χ4v) is 0.831. The molecule has 0 aromatic carbocycles. The zero-order chi connectivity index (χ0) is 10.1. The van der Waals surface area contributed by atoms with Crippen LogP contribution in [0, 0.1) is 0 Å². The lowest BCUT2D eigenvalue weighted by Crippen LogP contribution is -2.38. The van der Waals surface area contributed by atoms with Crippen LogP contribution in [0.2, 0.25) is 0 Å². The van der Waals surface area contributed by atoms with E-state index < -0.39 is 0 Å². The topological polar surface area (TPSA) is 55.1 Å². The Morgan fingerprint density at radius 2 is 2.23 bits per heavy atom. The smallest absolute Gasteiger partial charge is 0.244 e. The number of rotatable bonds is 5. The van der Waals surface area contributed by atoms with E-state index in [1.165, 1.54) is 6.08 Å². The van der Waals surface area contributed by atoms with E-state index in [0.29, 0.717) is 6.54 Å². The molecule has 0 saturated carbocycles. The molecular formula is C10H18N2O. The minimum atomic E-state index is -0.0876. The largest absolute Gasteiger partial charge is 0.349 e. The van der Waals surface area contributed by atoms with Gasteiger partial charge in [0.15, 0.2) is 0 Å². The molecule has 0 spiro atoms. The summed E-state index contributed by atoms with van der Waals surface area (Å²) >= 11 is 0. The summed E-state index contributed by atoms with van der Waals surface area (Å²) in [5.41, 5.74) is 5.43. The molecule has 0 aliphatic heterocycles. The highest BCUT2D eigenvalue weighted by atomic mass is 16.1. The Labute approximate surface area is 79.7 Å². The first-order valence-corrected chi connectivity index (χ1v) is 4.54. The van der Waals surface area contributed by atoms with Crippen LogP contribution in [0.5, 0.6) is 0 Å². The minimum absolute atomic E-state index is 0.0859. The number of carbonyl (C=O) groups is 1. The van der Waals surface area contributed by atoms with Crippen molar-refractivity contribution in [3.05, 3.63) is 24.3 Å². The number of hydrogen-bond acceptors (Lipinski definition) is 2. The summed E-state index contributed by atoms with van der Waals surface area (Å²) in [7, 11) is 0. The molecule has 0 aliphatic rings. The molecule has 13 heavy (non-hydrogen) atoms. The number of hydrogen-bond donors (Lipinski definition) is 2. The van der Waals surface area contributed by atoms with Gasteiger partial charge in [-0.1, -0.05) is 25.2 Å². The molecule has 0 radical (unpaired) electrons. The van der Waals surface area contributed by atoms with Crippen molar-refractivity contribution in [3.8, 4) is 0 Å². The van der Waals surface area contributed by atoms with Gasteiger partial charge in [-0.15, -0.1) is 0 Å². The van der Waals surface area contributed by atoms with Crippen molar-refractivity contribution in [2.45, 2.75) is 26.3 Å². The average Bonchev–Trinajstić information content (AvgIpc) is 2.14. The number of amides is 1. The Hall–Kier alpha value is -1.09. The average molecular weight is 182 g/mol. The van der Waals surface area contributed by atoms with E-state index in [9.17, 15) is 4.79 Å². The van der Waals surface area contributed by atoms with Crippen LogP contribution in [0.1, 0.15) is 20.3 Å². The van der Waals surface area contributed by atoms with Crippen molar-refractivity contribution < 1.29 is 4.79 Å². The van der Waals surface area contributed by atoms with Gasteiger partial charge in [0.2, 0.25) is 5.91 Å². The Kier molecular flexibility index (Phi) is 6.92. The maximum absolute atomic E-state index is 11.2. The van der Waals surface area contributed by atoms with Crippen LogP contribution in [-0.2, 0) is 4.79 Å². The molecule has 3 N–H and O–H groups in total. The standard InChI is InChI=1S/C10H18N2O/c1-3-5-6-7-10(13)12-9(4-2)8-11/h3,5-7,9H,4,8,11H2,1-2H3,(H,12,13). The molecule has 0 saturated heterocycles. The van der Waals surface area contributed by atoms with E-state index in [-0.39, 0.29) is 11.9 Å². The van der Waals surface area contributed by atoms with Gasteiger partial charge in [-0.3, -0.25) is 4.79 Å². The molecule has 0 bridgehead atoms. The van der Waals surface area contributed by atoms with Crippen molar-refractivity contribution in [1.82, 2.24) is 5.32 Å². The van der Waals surface area contributed by atoms with Crippen LogP contribution in [-0.4, -0.2) is 18.5 Å². The molecular weight excluding hydrogens is 164 g/mol. The minimum Gasteiger partial charge on any atom is -0.349 e. The Morgan fingerprint density at radius 3 is 2.69 bits per heavy atom. The summed E-state index contributed by atoms with van der Waals surface area (Å²) in [4.78, 5) is 11.2. The highest BCUT2D eigenvalue weighted by Gasteiger charge is 2.04. The summed E-state index contributed by atoms with van der Waals surface area (Å²) in [6, 6.07) is 0.0859. The van der Waals surface area contributed by atoms with Gasteiger partial charge in [0.05, 0.1) is 0 Å². The predicted octanol–water partition coefficient (Wildman–Crippen LogP) is 0.972. The van der Waals surface area contributed by atoms with Crippen LogP contribution >= 0.6 is 0 Å². The molecule has 0 aromatic rings. The molecule has 3 nitrogen and oxygen atoms in total. The van der Waals surface area contributed by atoms with Crippen molar-refractivity contribution in [1.29, 1.82) is 0 Å². The quantitative estimate of drug-likeness (QED) is 0.492. The van der Waals surface area contributed by atoms with Crippen molar-refractivity contribution in [2.75, 3.05) is 6.54 Å². The molecule has 3 heteroatoms. The van der Waals surface area contributed by atoms with E-state index in [0.717, 1.165) is 6.42 Å². The van der Waals surface area contributed by atoms with Crippen molar-refractivity contribution in [3.63, 3.8) is 0 Å². The Bertz CT molecular complexity index is 193. The van der Waals surface area contributed by atoms with Gasteiger partial charge in [-0.05, 0) is 13.3 Å². The second kappa shape index (κ2) is 7.55. The third-order valence-electron chi connectivity index (χ3n) is 1.67. The van der Waals surface area contributed by atoms with E-state index in [4.69, 9.17) is 5.73 Å². The van der Waals surface area contributed by atoms with Crippen molar-refractivity contribution >= 4 is 5.91 Å². The maximum atomic E-state index is 11.2. The van der Waals surface area contributed by atoms with Gasteiger partial charge in [0, 0.05) is 18.7 Å². The molecule has 0 rings (SSSR count). The molecule has 0 fully saturated rings. The third kappa shape index (κ3) is 6.11. The summed E-state index contributed by atoms with van der Waals surface area (Å²) in [6.45, 7) is 4.38. The van der Waals surface area contributed by atoms with E-state index in [1.54, 1.807) is 6.08 Å². The predicted molar refractivity (Wildman–Crippen MR) is 55.2 cm³/mol. The molecule has 74 valence electrons. The second-order valence-electron chi connectivity index (χ2n) is 2.73. The van der Waals surface area contributed by atoms with Crippen LogP contribution in [0.4, 0.5) is 0 Å². The summed E-state index contributed by atoms with van der Waals surface area (Å²) < 4.78 is 0. The lowest BCUT2D eigenvalue weighted by molar-refractivity contribution is -0.117. The van der Waals surface area contributed by atoms with Gasteiger partial charge in [-0.2, -0.15) is 0 Å². The van der Waals surface area contributed by atoms with Crippen LogP contribution in [0.25, 0.3) is 0 Å². The molecule has 0 aliphatic carbocycles. The molecule has 0 heterocycles. The maximum Gasteiger partial charge on any atom is 0.244 e. The number of nitrogens with two attached hydrogens (primary N) is 1. The SMILES string of the molecule is CC=CC=CC(=O)NC(CC)CN. The van der Waals surface area contributed by atoms with Gasteiger partial charge in [0.25, 0.3) is 0 Å². The van der Waals surface area contributed by atoms with Crippen LogP contribution in [0.15, 0.2) is 24.3 Å². The first-order valence-electron chi connectivity index (χ1n) is 4.54. The molecule has 1 unspecified atom stereocenters. The number of allylic oxidation sites excluding steroid dienone is 3. The lowest BCUT2D eigenvalue weighted by atomic mass is 10.2. The number of carbonyl (C=O) groups excluding carboxylic acids is 1. The summed E-state index contributed by atoms with van der Waals surface area (Å²) in [6.07, 6.45) is 7.74. The first kappa shape index (κ1) is 11.9. The van der Waals surface area contributed by atoms with Crippen LogP contribution in [0.3, 0.4) is 0 Å². The summed E-state index contributed by atoms with van der Waals surface area (Å²) in [5, 5.41) is 2.79. The van der Waals surface area contributed by atoms with Gasteiger partial charge in [-0.25, -0.2) is 0 Å². The Balaban J connectivity index is 3.85. The van der Waals surface area contributed by atoms with Gasteiger partial charge in [0.1, 0.15) is 0 Å². The Morgan fingerprint density at radius 1 is 1.54 bits per heavy atom. The van der Waals surface area contributed by atoms with Crippen molar-refractivity contribution in [2.24, 2.45) is 5.73 Å². The number of nitrogens with one attached hydrogen (secondary N) is 1. The second-order valence-corrected chi connectivity index (χ2v) is 2.73. The monoisotopic (exact) mass is 182 g/mol. The molecule has 1 amide bonds. The highest BCUT2D eigenvalue weighted by molar-refractivity contribution is 5.87. The van der Waals surface area contributed by atoms with Crippen LogP contribution < -0.4 is 11.1 Å². The fourth-order valence-electron chi connectivity index (χ4n) is 0.831. The van der Waals surface area contributed by atoms with Gasteiger partial charge < -0.3 is 11.1 Å². The summed E-state index contributed by atoms with van der Waals surface area (Å²) in [5.74, 6) is -0.0876. The third-order valence-corrected chi connectivity index (χ3v) is 1.67. The lowest BCUT2D eigenvalue weighted by Gasteiger charge is -2.12. The molecule has 1 atom stereocenters. The highest BCUT2D eigenvalue weighted by Crippen LogP contribution is 1.87. The fraction of sp³-hybridized carbons (Fsp3) is 0.500. The molecule has 0 aromatic heterocycles. The van der Waals surface area contributed by atoms with E-state index in [2.05, 4.69) is 5.32 Å². The first-order chi connectivity index (χ1) is 6.24. The normalized spacial score (nSPS) is 13.8.